The molecule has 8 heteroatoms. The quantitative estimate of drug-likeness (QED) is 0.407. The van der Waals surface area contributed by atoms with Gasteiger partial charge in [0.05, 0.1) is 24.5 Å². The highest BCUT2D eigenvalue weighted by Crippen LogP contribution is 2.38. The van der Waals surface area contributed by atoms with Gasteiger partial charge in [0.2, 0.25) is 0 Å². The van der Waals surface area contributed by atoms with Gasteiger partial charge in [-0.1, -0.05) is 18.2 Å². The summed E-state index contributed by atoms with van der Waals surface area (Å²) in [5.74, 6) is -3.17. The van der Waals surface area contributed by atoms with Crippen LogP contribution in [0.3, 0.4) is 0 Å². The number of hydrogen-bond acceptors (Lipinski definition) is 8. The average molecular weight is 432 g/mol. The smallest absolute Gasteiger partial charge is 0.334 e. The zero-order valence-electron chi connectivity index (χ0n) is 18.1. The molecule has 31 heavy (non-hydrogen) atoms. The Balaban J connectivity index is 2.04. The first kappa shape index (κ1) is 23.1. The van der Waals surface area contributed by atoms with Crippen LogP contribution in [-0.2, 0) is 33.3 Å². The fourth-order valence-electron chi connectivity index (χ4n) is 4.22. The van der Waals surface area contributed by atoms with E-state index in [1.165, 1.54) is 14.0 Å². The van der Waals surface area contributed by atoms with Crippen molar-refractivity contribution in [1.82, 2.24) is 0 Å². The summed E-state index contributed by atoms with van der Waals surface area (Å²) < 4.78 is 21.4. The fraction of sp³-hybridized carbons (Fsp3) is 0.522. The van der Waals surface area contributed by atoms with Crippen molar-refractivity contribution in [2.45, 2.75) is 51.8 Å². The average Bonchev–Trinajstić information content (AvgIpc) is 3.29. The van der Waals surface area contributed by atoms with Gasteiger partial charge in [0, 0.05) is 31.6 Å². The third-order valence-corrected chi connectivity index (χ3v) is 5.93. The predicted octanol–water partition coefficient (Wildman–Crippen LogP) is 1.79. The Labute approximate surface area is 181 Å². The molecular formula is C23H28O8. The topological polar surface area (TPSA) is 108 Å². The first-order chi connectivity index (χ1) is 14.6. The van der Waals surface area contributed by atoms with E-state index in [4.69, 9.17) is 18.9 Å². The molecule has 0 spiro atoms. The number of fused-ring (bicyclic) bond motifs is 1. The minimum Gasteiger partial charge on any atom is -0.458 e. The van der Waals surface area contributed by atoms with Crippen molar-refractivity contribution in [2.24, 2.45) is 11.8 Å². The van der Waals surface area contributed by atoms with Gasteiger partial charge in [-0.05, 0) is 31.6 Å². The van der Waals surface area contributed by atoms with Gasteiger partial charge in [0.15, 0.2) is 12.1 Å². The lowest BCUT2D eigenvalue weighted by molar-refractivity contribution is -0.145. The number of carbonyl (C=O) groups is 3. The molecule has 3 rings (SSSR count). The first-order valence-electron chi connectivity index (χ1n) is 10.1. The summed E-state index contributed by atoms with van der Waals surface area (Å²) in [5, 5.41) is 11.3. The third kappa shape index (κ3) is 4.71. The Morgan fingerprint density at radius 3 is 2.55 bits per heavy atom. The Morgan fingerprint density at radius 2 is 1.94 bits per heavy atom. The lowest BCUT2D eigenvalue weighted by Gasteiger charge is -2.31. The molecule has 0 aromatic heterocycles. The molecule has 2 heterocycles. The lowest BCUT2D eigenvalue weighted by Crippen LogP contribution is -2.40. The molecule has 1 aliphatic carbocycles. The number of Topliss-reactive ketones (excluding diaryl/α,β-unsaturated/α-hetero) is 1. The molecule has 2 aliphatic heterocycles. The monoisotopic (exact) mass is 432 g/mol. The van der Waals surface area contributed by atoms with Crippen molar-refractivity contribution >= 4 is 17.7 Å². The summed E-state index contributed by atoms with van der Waals surface area (Å²) in [5.41, 5.74) is 1.76. The minimum absolute atomic E-state index is 0.0629. The fourth-order valence-corrected chi connectivity index (χ4v) is 4.22. The second kappa shape index (κ2) is 9.30. The zero-order valence-corrected chi connectivity index (χ0v) is 18.1. The molecule has 1 saturated heterocycles. The maximum absolute atomic E-state index is 13.4. The van der Waals surface area contributed by atoms with Crippen LogP contribution in [0.2, 0.25) is 0 Å². The lowest BCUT2D eigenvalue weighted by atomic mass is 9.76. The Hall–Kier alpha value is -2.55. The zero-order chi connectivity index (χ0) is 22.9. The molecule has 0 aromatic carbocycles. The third-order valence-electron chi connectivity index (χ3n) is 5.93. The van der Waals surface area contributed by atoms with Gasteiger partial charge in [-0.25, -0.2) is 4.79 Å². The van der Waals surface area contributed by atoms with Gasteiger partial charge in [-0.15, -0.1) is 0 Å². The SMILES string of the molecule is C=C1C(=O)OC2C=C(C)C(OC(C)=O)CC=C(C)C(C(=O)C3=CC(OC)OC3)C(O)C12. The molecule has 168 valence electrons. The Kier molecular flexibility index (Phi) is 6.93. The normalized spacial score (nSPS) is 33.6. The van der Waals surface area contributed by atoms with E-state index >= 15 is 0 Å². The molecule has 0 bridgehead atoms. The van der Waals surface area contributed by atoms with Crippen LogP contribution in [0.1, 0.15) is 27.2 Å². The number of ketones is 1. The number of aliphatic hydroxyl groups is 1. The second-order valence-electron chi connectivity index (χ2n) is 8.05. The van der Waals surface area contributed by atoms with Crippen LogP contribution >= 0.6 is 0 Å². The molecule has 8 nitrogen and oxygen atoms in total. The van der Waals surface area contributed by atoms with Gasteiger partial charge in [-0.2, -0.15) is 0 Å². The molecule has 0 radical (unpaired) electrons. The molecule has 0 saturated carbocycles. The van der Waals surface area contributed by atoms with E-state index in [-0.39, 0.29) is 18.0 Å². The van der Waals surface area contributed by atoms with Crippen molar-refractivity contribution in [3.05, 3.63) is 47.1 Å². The number of hydrogen-bond donors (Lipinski definition) is 1. The van der Waals surface area contributed by atoms with Crippen LogP contribution in [0.15, 0.2) is 47.1 Å². The number of ether oxygens (including phenoxy) is 4. The van der Waals surface area contributed by atoms with Crippen LogP contribution < -0.4 is 0 Å². The van der Waals surface area contributed by atoms with E-state index < -0.39 is 48.4 Å². The van der Waals surface area contributed by atoms with E-state index in [1.54, 1.807) is 32.1 Å². The van der Waals surface area contributed by atoms with Crippen molar-refractivity contribution in [1.29, 1.82) is 0 Å². The largest absolute Gasteiger partial charge is 0.458 e. The van der Waals surface area contributed by atoms with E-state index in [9.17, 15) is 19.5 Å². The Bertz CT molecular complexity index is 880. The van der Waals surface area contributed by atoms with Crippen LogP contribution in [-0.4, -0.2) is 61.1 Å². The minimum atomic E-state index is -1.25. The van der Waals surface area contributed by atoms with Crippen molar-refractivity contribution < 1.29 is 38.4 Å². The van der Waals surface area contributed by atoms with Crippen molar-refractivity contribution in [3.63, 3.8) is 0 Å². The van der Waals surface area contributed by atoms with E-state index in [1.807, 2.05) is 0 Å². The van der Waals surface area contributed by atoms with Gasteiger partial charge in [0.25, 0.3) is 0 Å². The predicted molar refractivity (Wildman–Crippen MR) is 110 cm³/mol. The van der Waals surface area contributed by atoms with Crippen LogP contribution in [0.5, 0.6) is 0 Å². The van der Waals surface area contributed by atoms with Gasteiger partial charge in [0.1, 0.15) is 12.2 Å². The summed E-state index contributed by atoms with van der Waals surface area (Å²) in [4.78, 5) is 37.2. The molecule has 1 N–H and O–H groups in total. The number of esters is 2. The highest BCUT2D eigenvalue weighted by molar-refractivity contribution is 6.00. The van der Waals surface area contributed by atoms with Gasteiger partial charge in [-0.3, -0.25) is 9.59 Å². The summed E-state index contributed by atoms with van der Waals surface area (Å²) in [6, 6.07) is 0. The van der Waals surface area contributed by atoms with Crippen molar-refractivity contribution in [3.8, 4) is 0 Å². The summed E-state index contributed by atoms with van der Waals surface area (Å²) in [6.07, 6.45) is 2.05. The summed E-state index contributed by atoms with van der Waals surface area (Å²) >= 11 is 0. The summed E-state index contributed by atoms with van der Waals surface area (Å²) in [7, 11) is 1.47. The summed E-state index contributed by atoms with van der Waals surface area (Å²) in [6.45, 7) is 8.67. The molecule has 3 aliphatic rings. The molecule has 0 aromatic rings. The Morgan fingerprint density at radius 1 is 1.23 bits per heavy atom. The maximum Gasteiger partial charge on any atom is 0.334 e. The van der Waals surface area contributed by atoms with Crippen LogP contribution in [0.4, 0.5) is 0 Å². The highest BCUT2D eigenvalue weighted by Gasteiger charge is 2.47. The van der Waals surface area contributed by atoms with Gasteiger partial charge >= 0.3 is 11.9 Å². The van der Waals surface area contributed by atoms with E-state index in [0.717, 1.165) is 0 Å². The molecule has 6 atom stereocenters. The number of rotatable bonds is 4. The standard InChI is InChI=1S/C23H28O8/c1-11-6-7-16(30-14(4)24)12(2)8-17-20(13(3)23(27)31-17)22(26)19(11)21(25)15-9-18(28-5)29-10-15/h6,8-9,16-20,22,26H,3,7,10H2,1-2,4-5H3. The molecule has 6 unspecified atom stereocenters. The highest BCUT2D eigenvalue weighted by atomic mass is 16.7. The number of aliphatic hydroxyl groups excluding tert-OH is 1. The van der Waals surface area contributed by atoms with Gasteiger partial charge < -0.3 is 24.1 Å². The second-order valence-corrected chi connectivity index (χ2v) is 8.05. The number of methoxy groups -OCH3 is 1. The molecular weight excluding hydrogens is 404 g/mol. The van der Waals surface area contributed by atoms with Crippen molar-refractivity contribution in [2.75, 3.05) is 13.7 Å². The van der Waals surface area contributed by atoms with Crippen LogP contribution in [0.25, 0.3) is 0 Å². The molecule has 0 amide bonds. The number of carbonyl (C=O) groups excluding carboxylic acids is 3. The maximum atomic E-state index is 13.4. The van der Waals surface area contributed by atoms with E-state index in [0.29, 0.717) is 23.1 Å². The first-order valence-corrected chi connectivity index (χ1v) is 10.1. The molecule has 1 fully saturated rings. The van der Waals surface area contributed by atoms with E-state index in [2.05, 4.69) is 6.58 Å². The van der Waals surface area contributed by atoms with Crippen LogP contribution in [0, 0.1) is 11.8 Å².